The Hall–Kier alpha value is -1.75. The number of nitrogens with one attached hydrogen (secondary N) is 2. The highest BCUT2D eigenvalue weighted by atomic mass is 16.5. The first-order chi connectivity index (χ1) is 9.12. The molecule has 106 valence electrons. The number of methoxy groups -OCH3 is 2. The van der Waals surface area contributed by atoms with Crippen LogP contribution >= 0.6 is 0 Å². The van der Waals surface area contributed by atoms with Crippen molar-refractivity contribution in [1.82, 2.24) is 10.6 Å². The topological polar surface area (TPSA) is 59.6 Å². The summed E-state index contributed by atoms with van der Waals surface area (Å²) in [7, 11) is 5.05. The Morgan fingerprint density at radius 3 is 2.63 bits per heavy atom. The molecule has 5 nitrogen and oxygen atoms in total. The lowest BCUT2D eigenvalue weighted by atomic mass is 10.1. The summed E-state index contributed by atoms with van der Waals surface area (Å²) in [4.78, 5) is 11.8. The number of amides is 1. The number of benzene rings is 1. The number of hydrogen-bond acceptors (Lipinski definition) is 4. The first-order valence-corrected chi connectivity index (χ1v) is 6.25. The first kappa shape index (κ1) is 15.3. The third kappa shape index (κ3) is 4.44. The molecule has 1 amide bonds. The molecule has 1 aromatic rings. The number of carbonyl (C=O) groups excluding carboxylic acids is 1. The molecule has 1 rings (SSSR count). The Morgan fingerprint density at radius 2 is 2.05 bits per heavy atom. The van der Waals surface area contributed by atoms with Gasteiger partial charge in [0.1, 0.15) is 11.5 Å². The van der Waals surface area contributed by atoms with Crippen LogP contribution in [0.2, 0.25) is 0 Å². The van der Waals surface area contributed by atoms with Crippen LogP contribution in [0.1, 0.15) is 12.5 Å². The second kappa shape index (κ2) is 7.63. The van der Waals surface area contributed by atoms with Crippen molar-refractivity contribution in [3.05, 3.63) is 23.8 Å². The van der Waals surface area contributed by atoms with Gasteiger partial charge in [0, 0.05) is 24.6 Å². The van der Waals surface area contributed by atoms with Gasteiger partial charge in [-0.1, -0.05) is 6.92 Å². The van der Waals surface area contributed by atoms with Crippen molar-refractivity contribution in [2.75, 3.05) is 27.8 Å². The maximum absolute atomic E-state index is 11.8. The summed E-state index contributed by atoms with van der Waals surface area (Å²) >= 11 is 0. The zero-order valence-corrected chi connectivity index (χ0v) is 11.9. The van der Waals surface area contributed by atoms with E-state index < -0.39 is 0 Å². The Balaban J connectivity index is 2.68. The van der Waals surface area contributed by atoms with Crippen molar-refractivity contribution >= 4 is 5.91 Å². The molecule has 1 atom stereocenters. The fraction of sp³-hybridized carbons (Fsp3) is 0.500. The Kier molecular flexibility index (Phi) is 6.15. The minimum atomic E-state index is -0.0680. The van der Waals surface area contributed by atoms with Crippen molar-refractivity contribution in [3.8, 4) is 11.5 Å². The van der Waals surface area contributed by atoms with E-state index in [9.17, 15) is 4.79 Å². The molecule has 0 heterocycles. The van der Waals surface area contributed by atoms with Crippen LogP contribution < -0.4 is 20.1 Å². The normalized spacial score (nSPS) is 11.8. The van der Waals surface area contributed by atoms with Gasteiger partial charge in [0.15, 0.2) is 0 Å². The average molecular weight is 266 g/mol. The third-order valence-electron chi connectivity index (χ3n) is 2.90. The number of ether oxygens (including phenoxy) is 2. The van der Waals surface area contributed by atoms with Gasteiger partial charge in [0.05, 0.1) is 14.2 Å². The monoisotopic (exact) mass is 266 g/mol. The van der Waals surface area contributed by atoms with Crippen molar-refractivity contribution in [3.63, 3.8) is 0 Å². The average Bonchev–Trinajstić information content (AvgIpc) is 2.44. The van der Waals surface area contributed by atoms with Gasteiger partial charge < -0.3 is 20.1 Å². The molecular weight excluding hydrogens is 244 g/mol. The summed E-state index contributed by atoms with van der Waals surface area (Å²) in [5, 5.41) is 5.88. The smallest absolute Gasteiger partial charge is 0.224 e. The van der Waals surface area contributed by atoms with Gasteiger partial charge in [-0.25, -0.2) is 0 Å². The highest BCUT2D eigenvalue weighted by Gasteiger charge is 2.12. The van der Waals surface area contributed by atoms with Gasteiger partial charge in [-0.05, 0) is 25.2 Å². The zero-order chi connectivity index (χ0) is 14.3. The third-order valence-corrected chi connectivity index (χ3v) is 2.90. The van der Waals surface area contributed by atoms with E-state index in [-0.39, 0.29) is 11.8 Å². The van der Waals surface area contributed by atoms with Crippen molar-refractivity contribution < 1.29 is 14.3 Å². The predicted octanol–water partition coefficient (Wildman–Crippen LogP) is 1.18. The van der Waals surface area contributed by atoms with E-state index in [1.807, 2.05) is 32.2 Å². The van der Waals surface area contributed by atoms with Crippen LogP contribution in [0.15, 0.2) is 18.2 Å². The van der Waals surface area contributed by atoms with E-state index in [1.54, 1.807) is 14.2 Å². The van der Waals surface area contributed by atoms with Gasteiger partial charge in [-0.15, -0.1) is 0 Å². The molecule has 0 spiro atoms. The van der Waals surface area contributed by atoms with Crippen molar-refractivity contribution in [2.45, 2.75) is 13.5 Å². The van der Waals surface area contributed by atoms with E-state index in [0.717, 1.165) is 17.1 Å². The molecule has 0 radical (unpaired) electrons. The summed E-state index contributed by atoms with van der Waals surface area (Å²) in [5.74, 6) is 1.43. The van der Waals surface area contributed by atoms with E-state index in [4.69, 9.17) is 9.47 Å². The molecule has 0 saturated heterocycles. The molecule has 5 heteroatoms. The summed E-state index contributed by atoms with van der Waals surface area (Å²) in [6, 6.07) is 5.52. The molecule has 2 N–H and O–H groups in total. The number of carbonyl (C=O) groups is 1. The van der Waals surface area contributed by atoms with Gasteiger partial charge in [-0.3, -0.25) is 4.79 Å². The lowest BCUT2D eigenvalue weighted by Crippen LogP contribution is -2.33. The number of rotatable bonds is 7. The summed E-state index contributed by atoms with van der Waals surface area (Å²) in [5.41, 5.74) is 0.895. The second-order valence-corrected chi connectivity index (χ2v) is 4.35. The largest absolute Gasteiger partial charge is 0.497 e. The van der Waals surface area contributed by atoms with Crippen molar-refractivity contribution in [1.29, 1.82) is 0 Å². The lowest BCUT2D eigenvalue weighted by Gasteiger charge is -2.14. The van der Waals surface area contributed by atoms with Gasteiger partial charge >= 0.3 is 0 Å². The molecule has 1 aromatic carbocycles. The van der Waals surface area contributed by atoms with Crippen LogP contribution in [0.3, 0.4) is 0 Å². The van der Waals surface area contributed by atoms with E-state index >= 15 is 0 Å². The molecule has 19 heavy (non-hydrogen) atoms. The predicted molar refractivity (Wildman–Crippen MR) is 74.5 cm³/mol. The Labute approximate surface area is 114 Å². The van der Waals surface area contributed by atoms with Crippen LogP contribution in [-0.4, -0.2) is 33.7 Å². The zero-order valence-electron chi connectivity index (χ0n) is 11.9. The van der Waals surface area contributed by atoms with E-state index in [1.165, 1.54) is 0 Å². The molecule has 0 aliphatic carbocycles. The lowest BCUT2D eigenvalue weighted by molar-refractivity contribution is -0.124. The van der Waals surface area contributed by atoms with Gasteiger partial charge in [-0.2, -0.15) is 0 Å². The van der Waals surface area contributed by atoms with E-state index in [0.29, 0.717) is 13.1 Å². The molecule has 0 aliphatic heterocycles. The molecule has 1 unspecified atom stereocenters. The molecule has 0 saturated carbocycles. The van der Waals surface area contributed by atoms with Crippen molar-refractivity contribution in [2.24, 2.45) is 5.92 Å². The molecule has 0 aliphatic rings. The Morgan fingerprint density at radius 1 is 1.32 bits per heavy atom. The van der Waals surface area contributed by atoms with Crippen LogP contribution in [0.25, 0.3) is 0 Å². The van der Waals surface area contributed by atoms with Gasteiger partial charge in [0.25, 0.3) is 0 Å². The quantitative estimate of drug-likeness (QED) is 0.778. The molecular formula is C14H22N2O3. The summed E-state index contributed by atoms with van der Waals surface area (Å²) in [6.45, 7) is 2.96. The fourth-order valence-electron chi connectivity index (χ4n) is 1.78. The maximum Gasteiger partial charge on any atom is 0.224 e. The SMILES string of the molecule is CNCC(C)C(=O)NCc1cc(OC)ccc1OC. The Bertz CT molecular complexity index is 421. The summed E-state index contributed by atoms with van der Waals surface area (Å²) in [6.07, 6.45) is 0. The second-order valence-electron chi connectivity index (χ2n) is 4.35. The number of hydrogen-bond donors (Lipinski definition) is 2. The van der Waals surface area contributed by atoms with Gasteiger partial charge in [0.2, 0.25) is 5.91 Å². The van der Waals surface area contributed by atoms with Crippen LogP contribution in [0.4, 0.5) is 0 Å². The van der Waals surface area contributed by atoms with Crippen LogP contribution in [-0.2, 0) is 11.3 Å². The maximum atomic E-state index is 11.8. The first-order valence-electron chi connectivity index (χ1n) is 6.25. The molecule has 0 bridgehead atoms. The minimum Gasteiger partial charge on any atom is -0.497 e. The molecule has 0 aromatic heterocycles. The standard InChI is InChI=1S/C14H22N2O3/c1-10(8-15-2)14(17)16-9-11-7-12(18-3)5-6-13(11)19-4/h5-7,10,15H,8-9H2,1-4H3,(H,16,17). The summed E-state index contributed by atoms with van der Waals surface area (Å²) < 4.78 is 10.4. The van der Waals surface area contributed by atoms with Crippen LogP contribution in [0.5, 0.6) is 11.5 Å². The minimum absolute atomic E-state index is 0.0132. The highest BCUT2D eigenvalue weighted by Crippen LogP contribution is 2.23. The highest BCUT2D eigenvalue weighted by molar-refractivity contribution is 5.78. The fourth-order valence-corrected chi connectivity index (χ4v) is 1.78. The van der Waals surface area contributed by atoms with Crippen LogP contribution in [0, 0.1) is 5.92 Å². The van der Waals surface area contributed by atoms with E-state index in [2.05, 4.69) is 10.6 Å². The molecule has 0 fully saturated rings.